The molecule has 0 spiro atoms. The number of nitrogens with zero attached hydrogens (tertiary/aromatic N) is 2. The number of carbonyl (C=O) groups is 1. The third kappa shape index (κ3) is 3.62. The molecule has 0 radical (unpaired) electrons. The highest BCUT2D eigenvalue weighted by Crippen LogP contribution is 2.15. The Hall–Kier alpha value is -2.22. The minimum atomic E-state index is -3.67. The van der Waals surface area contributed by atoms with Gasteiger partial charge in [0.05, 0.1) is 0 Å². The van der Waals surface area contributed by atoms with Gasteiger partial charge in [0.15, 0.2) is 9.84 Å². The van der Waals surface area contributed by atoms with E-state index in [-0.39, 0.29) is 5.89 Å². The Labute approximate surface area is 109 Å². The summed E-state index contributed by atoms with van der Waals surface area (Å²) in [4.78, 5) is 14.6. The van der Waals surface area contributed by atoms with E-state index >= 15 is 0 Å². The van der Waals surface area contributed by atoms with E-state index in [4.69, 9.17) is 10.3 Å². The number of primary amides is 1. The lowest BCUT2D eigenvalue weighted by Crippen LogP contribution is -2.24. The molecule has 0 fully saturated rings. The molecule has 1 heterocycles. The second-order valence-electron chi connectivity index (χ2n) is 3.88. The maximum atomic E-state index is 11.5. The van der Waals surface area contributed by atoms with E-state index in [0.29, 0.717) is 11.4 Å². The number of sulfone groups is 1. The number of hydrogen-bond acceptors (Lipinski definition) is 6. The predicted octanol–water partition coefficient (Wildman–Crippen LogP) is 0.137. The van der Waals surface area contributed by atoms with Crippen LogP contribution < -0.4 is 5.73 Å². The molecule has 0 atom stereocenters. The van der Waals surface area contributed by atoms with Gasteiger partial charge in [0, 0.05) is 5.56 Å². The van der Waals surface area contributed by atoms with Crippen LogP contribution in [0.1, 0.15) is 5.89 Å². The quantitative estimate of drug-likeness (QED) is 0.833. The summed E-state index contributed by atoms with van der Waals surface area (Å²) >= 11 is 0. The number of benzene rings is 1. The molecule has 0 bridgehead atoms. The molecule has 0 aliphatic carbocycles. The van der Waals surface area contributed by atoms with Gasteiger partial charge >= 0.3 is 0 Å². The van der Waals surface area contributed by atoms with Crippen molar-refractivity contribution in [3.63, 3.8) is 0 Å². The molecule has 19 heavy (non-hydrogen) atoms. The minimum Gasteiger partial charge on any atom is -0.369 e. The van der Waals surface area contributed by atoms with Crippen molar-refractivity contribution in [2.45, 2.75) is 5.75 Å². The molecule has 0 saturated heterocycles. The maximum absolute atomic E-state index is 11.5. The molecular formula is C11H11N3O4S. The summed E-state index contributed by atoms with van der Waals surface area (Å²) in [6.07, 6.45) is 0. The molecular weight excluding hydrogens is 270 g/mol. The molecule has 0 aliphatic rings. The molecule has 0 saturated carbocycles. The highest BCUT2D eigenvalue weighted by molar-refractivity contribution is 7.91. The Morgan fingerprint density at radius 1 is 1.26 bits per heavy atom. The lowest BCUT2D eigenvalue weighted by atomic mass is 10.2. The molecule has 100 valence electrons. The van der Waals surface area contributed by atoms with Crippen LogP contribution in [0.2, 0.25) is 0 Å². The van der Waals surface area contributed by atoms with Crippen LogP contribution in [-0.4, -0.2) is 30.2 Å². The van der Waals surface area contributed by atoms with E-state index in [0.717, 1.165) is 0 Å². The Balaban J connectivity index is 2.17. The van der Waals surface area contributed by atoms with Crippen LogP contribution >= 0.6 is 0 Å². The average molecular weight is 281 g/mol. The van der Waals surface area contributed by atoms with E-state index < -0.39 is 27.3 Å². The van der Waals surface area contributed by atoms with Crippen LogP contribution in [0.5, 0.6) is 0 Å². The van der Waals surface area contributed by atoms with Gasteiger partial charge in [-0.15, -0.1) is 0 Å². The van der Waals surface area contributed by atoms with Crippen molar-refractivity contribution in [2.24, 2.45) is 5.73 Å². The summed E-state index contributed by atoms with van der Waals surface area (Å²) in [5.74, 6) is -1.93. The number of rotatable bonds is 5. The molecule has 1 aromatic carbocycles. The number of amides is 1. The molecule has 7 nitrogen and oxygen atoms in total. The Morgan fingerprint density at radius 3 is 2.58 bits per heavy atom. The van der Waals surface area contributed by atoms with Gasteiger partial charge < -0.3 is 10.3 Å². The third-order valence-corrected chi connectivity index (χ3v) is 3.62. The van der Waals surface area contributed by atoms with Gasteiger partial charge in [-0.1, -0.05) is 35.5 Å². The van der Waals surface area contributed by atoms with Crippen LogP contribution in [0.15, 0.2) is 34.9 Å². The van der Waals surface area contributed by atoms with E-state index in [9.17, 15) is 13.2 Å². The summed E-state index contributed by atoms with van der Waals surface area (Å²) in [5, 5.41) is 3.68. The van der Waals surface area contributed by atoms with Crippen LogP contribution in [-0.2, 0) is 20.4 Å². The minimum absolute atomic E-state index is 0.0693. The van der Waals surface area contributed by atoms with Crippen molar-refractivity contribution in [1.82, 2.24) is 10.1 Å². The highest BCUT2D eigenvalue weighted by atomic mass is 32.2. The molecule has 0 unspecified atom stereocenters. The van der Waals surface area contributed by atoms with E-state index in [1.54, 1.807) is 24.3 Å². The molecule has 1 amide bonds. The number of aromatic nitrogens is 2. The smallest absolute Gasteiger partial charge is 0.242 e. The van der Waals surface area contributed by atoms with Crippen LogP contribution in [0, 0.1) is 0 Å². The molecule has 8 heteroatoms. The van der Waals surface area contributed by atoms with Crippen molar-refractivity contribution >= 4 is 15.7 Å². The maximum Gasteiger partial charge on any atom is 0.242 e. The zero-order valence-electron chi connectivity index (χ0n) is 9.81. The van der Waals surface area contributed by atoms with Crippen molar-refractivity contribution in [3.8, 4) is 11.4 Å². The predicted molar refractivity (Wildman–Crippen MR) is 66.4 cm³/mol. The van der Waals surface area contributed by atoms with Crippen LogP contribution in [0.25, 0.3) is 11.4 Å². The molecule has 2 rings (SSSR count). The molecule has 1 aromatic heterocycles. The monoisotopic (exact) mass is 281 g/mol. The van der Waals surface area contributed by atoms with E-state index in [2.05, 4.69) is 10.1 Å². The zero-order chi connectivity index (χ0) is 13.9. The van der Waals surface area contributed by atoms with Crippen molar-refractivity contribution in [3.05, 3.63) is 36.2 Å². The largest absolute Gasteiger partial charge is 0.369 e. The Bertz CT molecular complexity index is 679. The topological polar surface area (TPSA) is 116 Å². The van der Waals surface area contributed by atoms with Crippen molar-refractivity contribution < 1.29 is 17.7 Å². The Morgan fingerprint density at radius 2 is 1.95 bits per heavy atom. The number of nitrogens with two attached hydrogens (primary N) is 1. The van der Waals surface area contributed by atoms with Gasteiger partial charge in [-0.3, -0.25) is 4.79 Å². The van der Waals surface area contributed by atoms with Crippen LogP contribution in [0.4, 0.5) is 0 Å². The highest BCUT2D eigenvalue weighted by Gasteiger charge is 2.20. The van der Waals surface area contributed by atoms with Crippen molar-refractivity contribution in [1.29, 1.82) is 0 Å². The second-order valence-corrected chi connectivity index (χ2v) is 5.94. The SMILES string of the molecule is NC(=O)CS(=O)(=O)Cc1nc(-c2ccccc2)no1. The normalized spacial score (nSPS) is 11.4. The van der Waals surface area contributed by atoms with Crippen molar-refractivity contribution in [2.75, 3.05) is 5.75 Å². The van der Waals surface area contributed by atoms with Gasteiger partial charge in [-0.25, -0.2) is 8.42 Å². The molecule has 0 aliphatic heterocycles. The first-order valence-electron chi connectivity index (χ1n) is 5.33. The van der Waals surface area contributed by atoms with Crippen LogP contribution in [0.3, 0.4) is 0 Å². The summed E-state index contributed by atoms with van der Waals surface area (Å²) in [6, 6.07) is 8.98. The fourth-order valence-electron chi connectivity index (χ4n) is 1.47. The fourth-order valence-corrected chi connectivity index (χ4v) is 2.50. The van der Waals surface area contributed by atoms with Gasteiger partial charge in [-0.05, 0) is 0 Å². The first kappa shape index (κ1) is 13.2. The first-order chi connectivity index (χ1) is 8.96. The Kier molecular flexibility index (Phi) is 3.61. The summed E-state index contributed by atoms with van der Waals surface area (Å²) in [5.41, 5.74) is 5.56. The summed E-state index contributed by atoms with van der Waals surface area (Å²) in [6.45, 7) is 0. The molecule has 2 N–H and O–H groups in total. The lowest BCUT2D eigenvalue weighted by molar-refractivity contribution is -0.115. The van der Waals surface area contributed by atoms with E-state index in [1.165, 1.54) is 0 Å². The van der Waals surface area contributed by atoms with E-state index in [1.807, 2.05) is 6.07 Å². The second kappa shape index (κ2) is 5.19. The number of hydrogen-bond donors (Lipinski definition) is 1. The van der Waals surface area contributed by atoms with Gasteiger partial charge in [0.25, 0.3) is 0 Å². The van der Waals surface area contributed by atoms with Gasteiger partial charge in [0.1, 0.15) is 11.5 Å². The number of carbonyl (C=O) groups excluding carboxylic acids is 1. The standard InChI is InChI=1S/C11H11N3O4S/c12-9(15)6-19(16,17)7-10-13-11(14-18-10)8-4-2-1-3-5-8/h1-5H,6-7H2,(H2,12,15). The zero-order valence-corrected chi connectivity index (χ0v) is 10.6. The first-order valence-corrected chi connectivity index (χ1v) is 7.15. The summed E-state index contributed by atoms with van der Waals surface area (Å²) < 4.78 is 27.9. The third-order valence-electron chi connectivity index (χ3n) is 2.21. The molecule has 2 aromatic rings. The summed E-state index contributed by atoms with van der Waals surface area (Å²) in [7, 11) is -3.67. The van der Waals surface area contributed by atoms with Gasteiger partial charge in [0.2, 0.25) is 17.6 Å². The fraction of sp³-hybridized carbons (Fsp3) is 0.182. The average Bonchev–Trinajstić information content (AvgIpc) is 2.76. The lowest BCUT2D eigenvalue weighted by Gasteiger charge is -1.96. The van der Waals surface area contributed by atoms with Gasteiger partial charge in [-0.2, -0.15) is 4.98 Å².